The number of nitrogens with zero attached hydrogens (tertiary/aromatic N) is 1. The number of benzene rings is 1. The minimum absolute atomic E-state index is 0.0150. The molecule has 1 aromatic rings. The SMILES string of the molecule is Cc1cc(C(=O)NCC(=O)NCC(CC(C)C)C(=O)O)ccc1[N+](=O)[O-]. The van der Waals surface area contributed by atoms with Gasteiger partial charge in [-0.3, -0.25) is 24.5 Å². The second-order valence-corrected chi connectivity index (χ2v) is 6.41. The minimum atomic E-state index is -0.982. The molecular weight excluding hydrogens is 342 g/mol. The molecule has 26 heavy (non-hydrogen) atoms. The molecule has 0 spiro atoms. The van der Waals surface area contributed by atoms with Gasteiger partial charge in [0.05, 0.1) is 17.4 Å². The number of carbonyl (C=O) groups is 3. The Morgan fingerprint density at radius 2 is 1.88 bits per heavy atom. The molecule has 3 N–H and O–H groups in total. The van der Waals surface area contributed by atoms with E-state index in [2.05, 4.69) is 10.6 Å². The maximum Gasteiger partial charge on any atom is 0.308 e. The first-order valence-electron chi connectivity index (χ1n) is 8.14. The van der Waals surface area contributed by atoms with Crippen LogP contribution in [-0.2, 0) is 9.59 Å². The predicted molar refractivity (Wildman–Crippen MR) is 93.8 cm³/mol. The van der Waals surface area contributed by atoms with E-state index in [1.54, 1.807) is 0 Å². The Kier molecular flexibility index (Phi) is 7.70. The van der Waals surface area contributed by atoms with E-state index in [9.17, 15) is 24.5 Å². The van der Waals surface area contributed by atoms with Crippen molar-refractivity contribution in [1.82, 2.24) is 10.6 Å². The summed E-state index contributed by atoms with van der Waals surface area (Å²) >= 11 is 0. The third kappa shape index (κ3) is 6.50. The molecule has 0 fully saturated rings. The van der Waals surface area contributed by atoms with Crippen molar-refractivity contribution in [2.45, 2.75) is 27.2 Å². The Labute approximate surface area is 150 Å². The van der Waals surface area contributed by atoms with Crippen LogP contribution in [0.15, 0.2) is 18.2 Å². The molecule has 0 heterocycles. The number of nitro groups is 1. The van der Waals surface area contributed by atoms with Gasteiger partial charge in [-0.1, -0.05) is 13.8 Å². The van der Waals surface area contributed by atoms with E-state index < -0.39 is 28.6 Å². The van der Waals surface area contributed by atoms with Crippen LogP contribution in [0.2, 0.25) is 0 Å². The highest BCUT2D eigenvalue weighted by Gasteiger charge is 2.20. The highest BCUT2D eigenvalue weighted by atomic mass is 16.6. The topological polar surface area (TPSA) is 139 Å². The lowest BCUT2D eigenvalue weighted by Gasteiger charge is -2.15. The molecule has 1 unspecified atom stereocenters. The molecule has 0 bridgehead atoms. The molecule has 0 aromatic heterocycles. The van der Waals surface area contributed by atoms with E-state index in [1.165, 1.54) is 25.1 Å². The van der Waals surface area contributed by atoms with Crippen LogP contribution in [0.1, 0.15) is 36.2 Å². The summed E-state index contributed by atoms with van der Waals surface area (Å²) in [6.07, 6.45) is 0.435. The van der Waals surface area contributed by atoms with E-state index in [-0.39, 0.29) is 30.3 Å². The molecule has 0 aliphatic carbocycles. The molecule has 1 atom stereocenters. The van der Waals surface area contributed by atoms with E-state index in [1.807, 2.05) is 13.8 Å². The van der Waals surface area contributed by atoms with E-state index >= 15 is 0 Å². The maximum absolute atomic E-state index is 12.0. The third-order valence-electron chi connectivity index (χ3n) is 3.72. The molecule has 1 aromatic carbocycles. The number of nitrogens with one attached hydrogen (secondary N) is 2. The largest absolute Gasteiger partial charge is 0.481 e. The van der Waals surface area contributed by atoms with Crippen molar-refractivity contribution >= 4 is 23.5 Å². The van der Waals surface area contributed by atoms with Crippen LogP contribution >= 0.6 is 0 Å². The molecule has 0 radical (unpaired) electrons. The zero-order valence-electron chi connectivity index (χ0n) is 14.9. The third-order valence-corrected chi connectivity index (χ3v) is 3.72. The van der Waals surface area contributed by atoms with Crippen LogP contribution in [0.5, 0.6) is 0 Å². The molecule has 2 amide bonds. The summed E-state index contributed by atoms with van der Waals surface area (Å²) in [7, 11) is 0. The highest BCUT2D eigenvalue weighted by molar-refractivity contribution is 5.96. The van der Waals surface area contributed by atoms with Crippen LogP contribution < -0.4 is 10.6 Å². The highest BCUT2D eigenvalue weighted by Crippen LogP contribution is 2.18. The average molecular weight is 365 g/mol. The fraction of sp³-hybridized carbons (Fsp3) is 0.471. The summed E-state index contributed by atoms with van der Waals surface area (Å²) in [5.41, 5.74) is 0.443. The molecule has 9 nitrogen and oxygen atoms in total. The number of amides is 2. The van der Waals surface area contributed by atoms with Crippen molar-refractivity contribution in [3.8, 4) is 0 Å². The van der Waals surface area contributed by atoms with Gasteiger partial charge in [0.2, 0.25) is 5.91 Å². The molecule has 0 saturated heterocycles. The number of carboxylic acids is 1. The smallest absolute Gasteiger partial charge is 0.308 e. The molecule has 0 aliphatic heterocycles. The predicted octanol–water partition coefficient (Wildman–Crippen LogP) is 1.50. The van der Waals surface area contributed by atoms with Crippen molar-refractivity contribution in [3.05, 3.63) is 39.4 Å². The summed E-state index contributed by atoms with van der Waals surface area (Å²) in [6, 6.07) is 3.91. The van der Waals surface area contributed by atoms with Crippen molar-refractivity contribution in [3.63, 3.8) is 0 Å². The lowest BCUT2D eigenvalue weighted by atomic mass is 9.97. The Morgan fingerprint density at radius 1 is 1.23 bits per heavy atom. The number of carboxylic acid groups (broad SMARTS) is 1. The standard InChI is InChI=1S/C17H23N3O6/c1-10(2)6-13(17(23)24)8-18-15(21)9-19-16(22)12-4-5-14(20(25)26)11(3)7-12/h4-5,7,10,13H,6,8-9H2,1-3H3,(H,18,21)(H,19,22)(H,23,24). The molecule has 9 heteroatoms. The summed E-state index contributed by atoms with van der Waals surface area (Å²) in [6.45, 7) is 4.97. The zero-order valence-corrected chi connectivity index (χ0v) is 14.9. The first kappa shape index (κ1) is 21.1. The van der Waals surface area contributed by atoms with Gasteiger partial charge < -0.3 is 15.7 Å². The number of aryl methyl sites for hydroxylation is 1. The van der Waals surface area contributed by atoms with Crippen LogP contribution in [0, 0.1) is 28.9 Å². The van der Waals surface area contributed by atoms with Gasteiger partial charge >= 0.3 is 5.97 Å². The quantitative estimate of drug-likeness (QED) is 0.448. The van der Waals surface area contributed by atoms with Crippen molar-refractivity contribution in [1.29, 1.82) is 0 Å². The van der Waals surface area contributed by atoms with Gasteiger partial charge in [0.1, 0.15) is 0 Å². The van der Waals surface area contributed by atoms with E-state index in [0.717, 1.165) is 0 Å². The maximum atomic E-state index is 12.0. The second kappa shape index (κ2) is 9.50. The normalized spacial score (nSPS) is 11.7. The van der Waals surface area contributed by atoms with E-state index in [0.29, 0.717) is 12.0 Å². The summed E-state index contributed by atoms with van der Waals surface area (Å²) in [5, 5.41) is 24.8. The fourth-order valence-electron chi connectivity index (χ4n) is 2.40. The van der Waals surface area contributed by atoms with Gasteiger partial charge in [-0.2, -0.15) is 0 Å². The van der Waals surface area contributed by atoms with Crippen LogP contribution in [0.3, 0.4) is 0 Å². The average Bonchev–Trinajstić information content (AvgIpc) is 2.55. The second-order valence-electron chi connectivity index (χ2n) is 6.41. The number of hydrogen-bond donors (Lipinski definition) is 3. The summed E-state index contributed by atoms with van der Waals surface area (Å²) in [5.74, 6) is -2.54. The lowest BCUT2D eigenvalue weighted by molar-refractivity contribution is -0.385. The Morgan fingerprint density at radius 3 is 2.38 bits per heavy atom. The van der Waals surface area contributed by atoms with Gasteiger partial charge in [0.15, 0.2) is 0 Å². The number of rotatable bonds is 9. The monoisotopic (exact) mass is 365 g/mol. The van der Waals surface area contributed by atoms with Gasteiger partial charge in [-0.15, -0.1) is 0 Å². The zero-order chi connectivity index (χ0) is 19.9. The first-order chi connectivity index (χ1) is 12.1. The molecule has 142 valence electrons. The first-order valence-corrected chi connectivity index (χ1v) is 8.14. The van der Waals surface area contributed by atoms with Crippen LogP contribution in [-0.4, -0.2) is 40.9 Å². The number of carbonyl (C=O) groups excluding carboxylic acids is 2. The van der Waals surface area contributed by atoms with Gasteiger partial charge in [-0.25, -0.2) is 0 Å². The van der Waals surface area contributed by atoms with Gasteiger partial charge in [0.25, 0.3) is 11.6 Å². The van der Waals surface area contributed by atoms with Crippen LogP contribution in [0.25, 0.3) is 0 Å². The van der Waals surface area contributed by atoms with E-state index in [4.69, 9.17) is 5.11 Å². The Bertz CT molecular complexity index is 702. The number of aliphatic carboxylic acids is 1. The molecular formula is C17H23N3O6. The minimum Gasteiger partial charge on any atom is -0.481 e. The van der Waals surface area contributed by atoms with Crippen molar-refractivity contribution in [2.24, 2.45) is 11.8 Å². The number of hydrogen-bond acceptors (Lipinski definition) is 5. The lowest BCUT2D eigenvalue weighted by Crippen LogP contribution is -2.40. The number of nitro benzene ring substituents is 1. The fourth-order valence-corrected chi connectivity index (χ4v) is 2.40. The Hall–Kier alpha value is -2.97. The van der Waals surface area contributed by atoms with Gasteiger partial charge in [-0.05, 0) is 31.4 Å². The van der Waals surface area contributed by atoms with Gasteiger partial charge in [0, 0.05) is 23.7 Å². The Balaban J connectivity index is 2.54. The van der Waals surface area contributed by atoms with Crippen molar-refractivity contribution < 1.29 is 24.4 Å². The summed E-state index contributed by atoms with van der Waals surface area (Å²) in [4.78, 5) is 45.2. The van der Waals surface area contributed by atoms with Crippen molar-refractivity contribution in [2.75, 3.05) is 13.1 Å². The summed E-state index contributed by atoms with van der Waals surface area (Å²) < 4.78 is 0. The molecule has 1 rings (SSSR count). The van der Waals surface area contributed by atoms with Crippen LogP contribution in [0.4, 0.5) is 5.69 Å². The molecule has 0 aliphatic rings. The molecule has 0 saturated carbocycles.